The smallest absolute Gasteiger partial charge is 0.220 e. The quantitative estimate of drug-likeness (QED) is 0.923. The maximum Gasteiger partial charge on any atom is 0.220 e. The molecule has 0 saturated heterocycles. The molecule has 0 bridgehead atoms. The molecule has 1 aliphatic carbocycles. The van der Waals surface area contributed by atoms with Gasteiger partial charge in [-0.15, -0.1) is 0 Å². The summed E-state index contributed by atoms with van der Waals surface area (Å²) in [5.74, 6) is 0.716. The second-order valence-corrected chi connectivity index (χ2v) is 6.40. The molecule has 0 unspecified atom stereocenters. The molecule has 23 heavy (non-hydrogen) atoms. The molecule has 1 aliphatic rings. The number of amides is 1. The van der Waals surface area contributed by atoms with Gasteiger partial charge in [-0.25, -0.2) is 0 Å². The SMILES string of the molecule is Cn1cc(-c2ncccc2CNC(=O)CC2CCCCC2)cn1. The van der Waals surface area contributed by atoms with E-state index < -0.39 is 0 Å². The van der Waals surface area contributed by atoms with Crippen LogP contribution in [0.4, 0.5) is 0 Å². The zero-order chi connectivity index (χ0) is 16.1. The lowest BCUT2D eigenvalue weighted by atomic mass is 9.87. The number of carbonyl (C=O) groups excluding carboxylic acids is 1. The maximum absolute atomic E-state index is 12.2. The Kier molecular flexibility index (Phi) is 5.05. The van der Waals surface area contributed by atoms with E-state index in [0.29, 0.717) is 18.9 Å². The van der Waals surface area contributed by atoms with Crippen molar-refractivity contribution in [3.63, 3.8) is 0 Å². The van der Waals surface area contributed by atoms with Gasteiger partial charge in [0, 0.05) is 38.0 Å². The Labute approximate surface area is 137 Å². The zero-order valence-corrected chi connectivity index (χ0v) is 13.7. The fourth-order valence-corrected chi connectivity index (χ4v) is 3.30. The van der Waals surface area contributed by atoms with Crippen molar-refractivity contribution in [3.8, 4) is 11.3 Å². The van der Waals surface area contributed by atoms with E-state index in [4.69, 9.17) is 0 Å². The minimum Gasteiger partial charge on any atom is -0.352 e. The Morgan fingerprint density at radius 3 is 2.91 bits per heavy atom. The minimum absolute atomic E-state index is 0.151. The average Bonchev–Trinajstić information content (AvgIpc) is 3.00. The van der Waals surface area contributed by atoms with E-state index >= 15 is 0 Å². The van der Waals surface area contributed by atoms with E-state index in [-0.39, 0.29) is 5.91 Å². The standard InChI is InChI=1S/C18H24N4O/c1-22-13-16(12-21-22)18-15(8-5-9-19-18)11-20-17(23)10-14-6-3-2-4-7-14/h5,8-9,12-14H,2-4,6-7,10-11H2,1H3,(H,20,23). The molecule has 2 aromatic heterocycles. The molecule has 3 rings (SSSR count). The summed E-state index contributed by atoms with van der Waals surface area (Å²) in [7, 11) is 1.89. The summed E-state index contributed by atoms with van der Waals surface area (Å²) in [6.45, 7) is 0.517. The molecule has 2 aromatic rings. The number of carbonyl (C=O) groups is 1. The Morgan fingerprint density at radius 1 is 1.35 bits per heavy atom. The topological polar surface area (TPSA) is 59.8 Å². The van der Waals surface area contributed by atoms with Crippen LogP contribution in [-0.4, -0.2) is 20.7 Å². The van der Waals surface area contributed by atoms with E-state index in [1.54, 1.807) is 17.1 Å². The lowest BCUT2D eigenvalue weighted by molar-refractivity contribution is -0.122. The summed E-state index contributed by atoms with van der Waals surface area (Å²) in [4.78, 5) is 16.6. The van der Waals surface area contributed by atoms with Gasteiger partial charge in [-0.3, -0.25) is 14.5 Å². The van der Waals surface area contributed by atoms with E-state index in [9.17, 15) is 4.79 Å². The third-order valence-corrected chi connectivity index (χ3v) is 4.54. The highest BCUT2D eigenvalue weighted by Gasteiger charge is 2.17. The molecular formula is C18H24N4O. The summed E-state index contributed by atoms with van der Waals surface area (Å²) >= 11 is 0. The minimum atomic E-state index is 0.151. The summed E-state index contributed by atoms with van der Waals surface area (Å²) in [5.41, 5.74) is 2.89. The van der Waals surface area contributed by atoms with Crippen molar-refractivity contribution < 1.29 is 4.79 Å². The van der Waals surface area contributed by atoms with Gasteiger partial charge in [0.05, 0.1) is 11.9 Å². The van der Waals surface area contributed by atoms with Gasteiger partial charge in [0.1, 0.15) is 0 Å². The summed E-state index contributed by atoms with van der Waals surface area (Å²) in [5, 5.41) is 7.25. The molecule has 0 radical (unpaired) electrons. The average molecular weight is 312 g/mol. The molecule has 1 amide bonds. The molecule has 1 saturated carbocycles. The number of hydrogen-bond donors (Lipinski definition) is 1. The van der Waals surface area contributed by atoms with Gasteiger partial charge in [-0.05, 0) is 30.4 Å². The van der Waals surface area contributed by atoms with Crippen molar-refractivity contribution in [1.82, 2.24) is 20.1 Å². The monoisotopic (exact) mass is 312 g/mol. The van der Waals surface area contributed by atoms with Crippen molar-refractivity contribution in [2.75, 3.05) is 0 Å². The molecule has 1 N–H and O–H groups in total. The van der Waals surface area contributed by atoms with Crippen LogP contribution in [0.25, 0.3) is 11.3 Å². The first-order chi connectivity index (χ1) is 11.2. The molecule has 1 fully saturated rings. The van der Waals surface area contributed by atoms with Crippen LogP contribution in [0.5, 0.6) is 0 Å². The molecule has 0 aromatic carbocycles. The molecule has 0 aliphatic heterocycles. The van der Waals surface area contributed by atoms with Crippen LogP contribution in [0.1, 0.15) is 44.1 Å². The first-order valence-electron chi connectivity index (χ1n) is 8.42. The highest BCUT2D eigenvalue weighted by Crippen LogP contribution is 2.26. The normalized spacial score (nSPS) is 15.5. The van der Waals surface area contributed by atoms with Crippen LogP contribution >= 0.6 is 0 Å². The lowest BCUT2D eigenvalue weighted by Crippen LogP contribution is -2.26. The van der Waals surface area contributed by atoms with Crippen molar-refractivity contribution in [2.24, 2.45) is 13.0 Å². The highest BCUT2D eigenvalue weighted by molar-refractivity contribution is 5.76. The zero-order valence-electron chi connectivity index (χ0n) is 13.7. The maximum atomic E-state index is 12.2. The van der Waals surface area contributed by atoms with E-state index in [2.05, 4.69) is 15.4 Å². The van der Waals surface area contributed by atoms with Gasteiger partial charge >= 0.3 is 0 Å². The van der Waals surface area contributed by atoms with Gasteiger partial charge < -0.3 is 5.32 Å². The Hall–Kier alpha value is -2.17. The van der Waals surface area contributed by atoms with Crippen LogP contribution < -0.4 is 5.32 Å². The second kappa shape index (κ2) is 7.40. The van der Waals surface area contributed by atoms with Crippen LogP contribution in [0.2, 0.25) is 0 Å². The van der Waals surface area contributed by atoms with Crippen molar-refractivity contribution >= 4 is 5.91 Å². The van der Waals surface area contributed by atoms with E-state index in [1.807, 2.05) is 25.4 Å². The number of pyridine rings is 1. The highest BCUT2D eigenvalue weighted by atomic mass is 16.1. The molecule has 0 atom stereocenters. The molecular weight excluding hydrogens is 288 g/mol. The van der Waals surface area contributed by atoms with Crippen LogP contribution in [0, 0.1) is 5.92 Å². The Balaban J connectivity index is 1.60. The van der Waals surface area contributed by atoms with Gasteiger partial charge in [0.15, 0.2) is 0 Å². The third kappa shape index (κ3) is 4.18. The fourth-order valence-electron chi connectivity index (χ4n) is 3.30. The van der Waals surface area contributed by atoms with Crippen LogP contribution in [0.3, 0.4) is 0 Å². The number of nitrogens with one attached hydrogen (secondary N) is 1. The first-order valence-corrected chi connectivity index (χ1v) is 8.42. The summed E-state index contributed by atoms with van der Waals surface area (Å²) in [6, 6.07) is 3.92. The Morgan fingerprint density at radius 2 is 2.17 bits per heavy atom. The summed E-state index contributed by atoms with van der Waals surface area (Å²) in [6.07, 6.45) is 12.4. The van der Waals surface area contributed by atoms with Gasteiger partial charge in [0.25, 0.3) is 0 Å². The molecule has 2 heterocycles. The number of rotatable bonds is 5. The predicted molar refractivity (Wildman–Crippen MR) is 89.5 cm³/mol. The van der Waals surface area contributed by atoms with Crippen molar-refractivity contribution in [2.45, 2.75) is 45.1 Å². The summed E-state index contributed by atoms with van der Waals surface area (Å²) < 4.78 is 1.76. The lowest BCUT2D eigenvalue weighted by Gasteiger charge is -2.20. The largest absolute Gasteiger partial charge is 0.352 e. The van der Waals surface area contributed by atoms with E-state index in [1.165, 1.54) is 32.1 Å². The van der Waals surface area contributed by atoms with Crippen molar-refractivity contribution in [3.05, 3.63) is 36.3 Å². The molecule has 122 valence electrons. The van der Waals surface area contributed by atoms with Crippen LogP contribution in [0.15, 0.2) is 30.7 Å². The Bertz CT molecular complexity index is 659. The molecule has 0 spiro atoms. The van der Waals surface area contributed by atoms with Crippen molar-refractivity contribution in [1.29, 1.82) is 0 Å². The van der Waals surface area contributed by atoms with E-state index in [0.717, 1.165) is 16.8 Å². The molecule has 5 heteroatoms. The van der Waals surface area contributed by atoms with Gasteiger partial charge in [0.2, 0.25) is 5.91 Å². The van der Waals surface area contributed by atoms with Crippen LogP contribution in [-0.2, 0) is 18.4 Å². The first kappa shape index (κ1) is 15.7. The second-order valence-electron chi connectivity index (χ2n) is 6.40. The van der Waals surface area contributed by atoms with Gasteiger partial charge in [-0.2, -0.15) is 5.10 Å². The fraction of sp³-hybridized carbons (Fsp3) is 0.500. The predicted octanol–water partition coefficient (Wildman–Crippen LogP) is 3.07. The molecule has 5 nitrogen and oxygen atoms in total. The number of aryl methyl sites for hydroxylation is 1. The number of aromatic nitrogens is 3. The van der Waals surface area contributed by atoms with Gasteiger partial charge in [-0.1, -0.05) is 25.3 Å². The number of nitrogens with zero attached hydrogens (tertiary/aromatic N) is 3. The number of hydrogen-bond acceptors (Lipinski definition) is 3. The third-order valence-electron chi connectivity index (χ3n) is 4.54.